The Labute approximate surface area is 311 Å². The maximum atomic E-state index is 6.16. The monoisotopic (exact) mass is 695 g/mol. The van der Waals surface area contributed by atoms with E-state index in [0.717, 1.165) is 39.0 Å². The minimum absolute atomic E-state index is 0.241. The molecule has 0 radical (unpaired) electrons. The van der Waals surface area contributed by atoms with Gasteiger partial charge in [-0.05, 0) is 107 Å². The Kier molecular flexibility index (Phi) is 6.58. The highest BCUT2D eigenvalue weighted by Gasteiger charge is 2.41. The molecule has 0 fully saturated rings. The summed E-state index contributed by atoms with van der Waals surface area (Å²) in [6, 6.07) is 66.1. The number of thiophene rings is 1. The summed E-state index contributed by atoms with van der Waals surface area (Å²) in [4.78, 5) is 2.32. The van der Waals surface area contributed by atoms with E-state index in [9.17, 15) is 0 Å². The molecule has 2 aromatic heterocycles. The first kappa shape index (κ1) is 30.2. The molecule has 0 saturated heterocycles. The Hall–Kier alpha value is -6.42. The predicted octanol–water partition coefficient (Wildman–Crippen LogP) is 14.4. The third-order valence-corrected chi connectivity index (χ3v) is 12.5. The van der Waals surface area contributed by atoms with Gasteiger partial charge in [0.15, 0.2) is 0 Å². The number of hydrogen-bond acceptors (Lipinski definition) is 3. The van der Waals surface area contributed by atoms with Gasteiger partial charge in [-0.2, -0.15) is 0 Å². The van der Waals surface area contributed by atoms with E-state index in [0.29, 0.717) is 0 Å². The highest BCUT2D eigenvalue weighted by atomic mass is 32.1. The van der Waals surface area contributed by atoms with Crippen molar-refractivity contribution in [2.75, 3.05) is 4.90 Å². The van der Waals surface area contributed by atoms with Crippen LogP contribution in [0, 0.1) is 0 Å². The average molecular weight is 696 g/mol. The minimum atomic E-state index is -0.241. The predicted molar refractivity (Wildman–Crippen MR) is 224 cm³/mol. The van der Waals surface area contributed by atoms with Gasteiger partial charge in [0.2, 0.25) is 0 Å². The Morgan fingerprint density at radius 3 is 1.85 bits per heavy atom. The molecule has 0 aliphatic heterocycles. The van der Waals surface area contributed by atoms with Gasteiger partial charge < -0.3 is 9.32 Å². The van der Waals surface area contributed by atoms with Crippen molar-refractivity contribution in [2.24, 2.45) is 0 Å². The summed E-state index contributed by atoms with van der Waals surface area (Å²) in [6.07, 6.45) is 0. The van der Waals surface area contributed by atoms with E-state index < -0.39 is 0 Å². The van der Waals surface area contributed by atoms with Crippen molar-refractivity contribution in [3.8, 4) is 22.3 Å². The van der Waals surface area contributed by atoms with Crippen LogP contribution in [0.5, 0.6) is 0 Å². The van der Waals surface area contributed by atoms with Gasteiger partial charge in [-0.25, -0.2) is 0 Å². The lowest BCUT2D eigenvalue weighted by Gasteiger charge is -2.29. The molecule has 0 amide bonds. The van der Waals surface area contributed by atoms with Crippen LogP contribution in [-0.4, -0.2) is 0 Å². The van der Waals surface area contributed by atoms with E-state index in [1.54, 1.807) is 0 Å². The first-order chi connectivity index (χ1) is 26.1. The molecule has 0 N–H and O–H groups in total. The van der Waals surface area contributed by atoms with Gasteiger partial charge in [-0.3, -0.25) is 0 Å². The van der Waals surface area contributed by atoms with Crippen LogP contribution in [0.1, 0.15) is 23.6 Å². The number of anilines is 3. The first-order valence-corrected chi connectivity index (χ1v) is 19.0. The normalized spacial score (nSPS) is 13.2. The fraction of sp³-hybridized carbons (Fsp3) is 0.0400. The molecule has 0 unspecified atom stereocenters. The Balaban J connectivity index is 0.999. The van der Waals surface area contributed by atoms with E-state index in [-0.39, 0.29) is 5.41 Å². The van der Waals surface area contributed by atoms with E-state index in [4.69, 9.17) is 4.42 Å². The SMILES string of the molecule is CC1(c2cccc3sc4cc(-c5ccc(N(c6ccccc6)c6ccc7oc8ccccc8c7c6)cc5)ccc4c23)c2ccccc2-c2ccccc21. The summed E-state index contributed by atoms with van der Waals surface area (Å²) < 4.78 is 8.80. The van der Waals surface area contributed by atoms with Crippen LogP contribution in [0.2, 0.25) is 0 Å². The lowest BCUT2D eigenvalue weighted by molar-refractivity contribution is 0.669. The van der Waals surface area contributed by atoms with Crippen molar-refractivity contribution in [3.05, 3.63) is 199 Å². The van der Waals surface area contributed by atoms with E-state index >= 15 is 0 Å². The topological polar surface area (TPSA) is 16.4 Å². The fourth-order valence-corrected chi connectivity index (χ4v) is 10.0. The molecule has 2 nitrogen and oxygen atoms in total. The van der Waals surface area contributed by atoms with Crippen molar-refractivity contribution in [1.29, 1.82) is 0 Å². The summed E-state index contributed by atoms with van der Waals surface area (Å²) >= 11 is 1.89. The van der Waals surface area contributed by atoms with Gasteiger partial charge in [-0.1, -0.05) is 121 Å². The highest BCUT2D eigenvalue weighted by Crippen LogP contribution is 2.55. The second kappa shape index (κ2) is 11.5. The minimum Gasteiger partial charge on any atom is -0.456 e. The van der Waals surface area contributed by atoms with Gasteiger partial charge in [0.1, 0.15) is 11.2 Å². The smallest absolute Gasteiger partial charge is 0.135 e. The number of hydrogen-bond donors (Lipinski definition) is 0. The van der Waals surface area contributed by atoms with Crippen LogP contribution in [0.15, 0.2) is 186 Å². The summed E-state index contributed by atoms with van der Waals surface area (Å²) in [6.45, 7) is 2.42. The van der Waals surface area contributed by atoms with Gasteiger partial charge in [0.25, 0.3) is 0 Å². The van der Waals surface area contributed by atoms with E-state index in [1.165, 1.54) is 59.1 Å². The molecule has 0 saturated carbocycles. The summed E-state index contributed by atoms with van der Waals surface area (Å²) in [5.41, 5.74) is 14.1. The fourth-order valence-electron chi connectivity index (χ4n) is 8.85. The molecule has 3 heteroatoms. The number of furan rings is 1. The van der Waals surface area contributed by atoms with Crippen LogP contribution in [0.4, 0.5) is 17.1 Å². The second-order valence-electron chi connectivity index (χ2n) is 14.2. The van der Waals surface area contributed by atoms with Crippen LogP contribution in [0.3, 0.4) is 0 Å². The number of rotatable bonds is 5. The zero-order chi connectivity index (χ0) is 35.1. The lowest BCUT2D eigenvalue weighted by Crippen LogP contribution is -2.22. The van der Waals surface area contributed by atoms with E-state index in [2.05, 4.69) is 182 Å². The van der Waals surface area contributed by atoms with Crippen LogP contribution in [-0.2, 0) is 5.41 Å². The quantitative estimate of drug-likeness (QED) is 0.178. The molecular formula is C50H33NOS. The molecular weight excluding hydrogens is 663 g/mol. The zero-order valence-electron chi connectivity index (χ0n) is 29.1. The zero-order valence-corrected chi connectivity index (χ0v) is 29.9. The Morgan fingerprint density at radius 1 is 0.434 bits per heavy atom. The molecule has 0 spiro atoms. The van der Waals surface area contributed by atoms with Gasteiger partial charge in [0, 0.05) is 53.4 Å². The highest BCUT2D eigenvalue weighted by molar-refractivity contribution is 7.25. The molecule has 250 valence electrons. The Bertz CT molecular complexity index is 2980. The summed E-state index contributed by atoms with van der Waals surface area (Å²) in [5.74, 6) is 0. The van der Waals surface area contributed by atoms with Gasteiger partial charge in [-0.15, -0.1) is 11.3 Å². The van der Waals surface area contributed by atoms with Crippen molar-refractivity contribution in [1.82, 2.24) is 0 Å². The molecule has 53 heavy (non-hydrogen) atoms. The van der Waals surface area contributed by atoms with Gasteiger partial charge in [0.05, 0.1) is 0 Å². The third-order valence-electron chi connectivity index (χ3n) is 11.3. The van der Waals surface area contributed by atoms with Crippen molar-refractivity contribution < 1.29 is 4.42 Å². The van der Waals surface area contributed by atoms with Crippen LogP contribution >= 0.6 is 11.3 Å². The average Bonchev–Trinajstić information content (AvgIpc) is 3.87. The molecule has 11 rings (SSSR count). The largest absolute Gasteiger partial charge is 0.456 e. The molecule has 10 aromatic rings. The maximum Gasteiger partial charge on any atom is 0.135 e. The molecule has 0 atom stereocenters. The molecule has 1 aliphatic rings. The second-order valence-corrected chi connectivity index (χ2v) is 15.3. The summed E-state index contributed by atoms with van der Waals surface area (Å²) in [5, 5.41) is 4.93. The number of benzene rings is 8. The van der Waals surface area contributed by atoms with Gasteiger partial charge >= 0.3 is 0 Å². The third kappa shape index (κ3) is 4.51. The van der Waals surface area contributed by atoms with Crippen molar-refractivity contribution in [2.45, 2.75) is 12.3 Å². The van der Waals surface area contributed by atoms with Crippen molar-refractivity contribution >= 4 is 70.5 Å². The van der Waals surface area contributed by atoms with Crippen molar-refractivity contribution in [3.63, 3.8) is 0 Å². The van der Waals surface area contributed by atoms with E-state index in [1.807, 2.05) is 23.5 Å². The van der Waals surface area contributed by atoms with Crippen LogP contribution in [0.25, 0.3) is 64.4 Å². The number of para-hydroxylation sites is 2. The molecule has 1 aliphatic carbocycles. The standard InChI is InChI=1S/C50H33NOS/c1-50(42-17-8-5-14-37(42)38-15-6-9-18-43(38)50)44-19-11-21-47-49(44)40-28-24-33(30-48(40)53-47)32-22-25-35(26-23-32)51(34-12-3-2-4-13-34)36-27-29-46-41(31-36)39-16-7-10-20-45(39)52-46/h2-31H,1H3. The summed E-state index contributed by atoms with van der Waals surface area (Å²) in [7, 11) is 0. The number of fused-ring (bicyclic) bond motifs is 9. The maximum absolute atomic E-state index is 6.16. The Morgan fingerprint density at radius 2 is 1.06 bits per heavy atom. The first-order valence-electron chi connectivity index (χ1n) is 18.2. The number of nitrogens with zero attached hydrogens (tertiary/aromatic N) is 1. The molecule has 8 aromatic carbocycles. The lowest BCUT2D eigenvalue weighted by atomic mass is 9.73. The van der Waals surface area contributed by atoms with Crippen LogP contribution < -0.4 is 4.90 Å². The molecule has 0 bridgehead atoms. The molecule has 2 heterocycles.